The van der Waals surface area contributed by atoms with Gasteiger partial charge in [-0.1, -0.05) is 42.5 Å². The van der Waals surface area contributed by atoms with E-state index < -0.39 is 10.0 Å². The molecule has 158 valence electrons. The molecule has 1 heterocycles. The van der Waals surface area contributed by atoms with Crippen LogP contribution in [0.3, 0.4) is 0 Å². The average molecular weight is 451 g/mol. The first-order valence-corrected chi connectivity index (χ1v) is 12.0. The normalized spacial score (nSPS) is 11.3. The Balaban J connectivity index is 1.57. The maximum absolute atomic E-state index is 13.0. The van der Waals surface area contributed by atoms with E-state index in [0.29, 0.717) is 11.4 Å². The van der Waals surface area contributed by atoms with Crippen molar-refractivity contribution < 1.29 is 13.2 Å². The highest BCUT2D eigenvalue weighted by atomic mass is 32.2. The van der Waals surface area contributed by atoms with Gasteiger partial charge in [0.1, 0.15) is 15.7 Å². The van der Waals surface area contributed by atoms with E-state index >= 15 is 0 Å². The van der Waals surface area contributed by atoms with Crippen molar-refractivity contribution in [2.75, 3.05) is 11.8 Å². The molecule has 0 aliphatic rings. The second kappa shape index (κ2) is 8.53. The monoisotopic (exact) mass is 450 g/mol. The first-order chi connectivity index (χ1) is 14.9. The van der Waals surface area contributed by atoms with Gasteiger partial charge in [0.25, 0.3) is 10.0 Å². The summed E-state index contributed by atoms with van der Waals surface area (Å²) in [5.74, 6) is 0.322. The fourth-order valence-electron chi connectivity index (χ4n) is 3.17. The van der Waals surface area contributed by atoms with Gasteiger partial charge in [0.2, 0.25) is 0 Å². The smallest absolute Gasteiger partial charge is 0.265 e. The molecule has 0 radical (unpaired) electrons. The lowest BCUT2D eigenvalue weighted by molar-refractivity contribution is 0.402. The summed E-state index contributed by atoms with van der Waals surface area (Å²) in [6.45, 7) is 3.79. The highest BCUT2D eigenvalue weighted by Crippen LogP contribution is 2.31. The predicted molar refractivity (Wildman–Crippen MR) is 126 cm³/mol. The lowest BCUT2D eigenvalue weighted by Crippen LogP contribution is -2.14. The summed E-state index contributed by atoms with van der Waals surface area (Å²) in [6, 6.07) is 20.6. The topological polar surface area (TPSA) is 68.3 Å². The molecule has 3 aromatic carbocycles. The van der Waals surface area contributed by atoms with Crippen molar-refractivity contribution >= 4 is 27.0 Å². The maximum atomic E-state index is 13.0. The van der Waals surface area contributed by atoms with Gasteiger partial charge in [-0.05, 0) is 49.2 Å². The van der Waals surface area contributed by atoms with E-state index in [4.69, 9.17) is 9.72 Å². The summed E-state index contributed by atoms with van der Waals surface area (Å²) < 4.78 is 33.9. The van der Waals surface area contributed by atoms with E-state index in [0.717, 1.165) is 33.0 Å². The number of aryl methyl sites for hydroxylation is 2. The fraction of sp³-hybridized carbons (Fsp3) is 0.125. The largest absolute Gasteiger partial charge is 0.495 e. The Morgan fingerprint density at radius 2 is 1.58 bits per heavy atom. The molecule has 0 aliphatic heterocycles. The molecule has 1 aromatic heterocycles. The number of thiazole rings is 1. The van der Waals surface area contributed by atoms with Gasteiger partial charge < -0.3 is 4.74 Å². The Bertz CT molecular complexity index is 1310. The standard InChI is InChI=1S/C24H22N2O3S2/c1-16-13-22(29-3)23(14-17(16)2)31(27,28)26-20-11-9-18(10-12-20)21-15-30-24(25-21)19-7-5-4-6-8-19/h4-15,26H,1-3H3. The Morgan fingerprint density at radius 3 is 2.26 bits per heavy atom. The van der Waals surface area contributed by atoms with E-state index in [1.54, 1.807) is 35.6 Å². The summed E-state index contributed by atoms with van der Waals surface area (Å²) in [4.78, 5) is 4.83. The van der Waals surface area contributed by atoms with Crippen LogP contribution in [0.1, 0.15) is 11.1 Å². The Morgan fingerprint density at radius 1 is 0.903 bits per heavy atom. The van der Waals surface area contributed by atoms with Crippen molar-refractivity contribution in [3.8, 4) is 27.6 Å². The van der Waals surface area contributed by atoms with Crippen molar-refractivity contribution in [2.45, 2.75) is 18.7 Å². The predicted octanol–water partition coefficient (Wildman–Crippen LogP) is 5.90. The van der Waals surface area contributed by atoms with Crippen LogP contribution in [0.5, 0.6) is 5.75 Å². The summed E-state index contributed by atoms with van der Waals surface area (Å²) in [6.07, 6.45) is 0. The summed E-state index contributed by atoms with van der Waals surface area (Å²) in [7, 11) is -2.33. The summed E-state index contributed by atoms with van der Waals surface area (Å²) in [5.41, 5.74) is 5.18. The Hall–Kier alpha value is -3.16. The lowest BCUT2D eigenvalue weighted by atomic mass is 10.1. The van der Waals surface area contributed by atoms with E-state index in [1.165, 1.54) is 7.11 Å². The number of nitrogens with zero attached hydrogens (tertiary/aromatic N) is 1. The van der Waals surface area contributed by atoms with Crippen LogP contribution in [0.15, 0.2) is 77.0 Å². The molecule has 0 atom stereocenters. The minimum Gasteiger partial charge on any atom is -0.495 e. The van der Waals surface area contributed by atoms with Gasteiger partial charge in [0.15, 0.2) is 0 Å². The molecule has 0 saturated heterocycles. The van der Waals surface area contributed by atoms with E-state index in [2.05, 4.69) is 4.72 Å². The quantitative estimate of drug-likeness (QED) is 0.397. The molecular weight excluding hydrogens is 428 g/mol. The van der Waals surface area contributed by atoms with Crippen LogP contribution in [0, 0.1) is 13.8 Å². The van der Waals surface area contributed by atoms with Crippen molar-refractivity contribution in [3.05, 3.63) is 83.2 Å². The highest BCUT2D eigenvalue weighted by Gasteiger charge is 2.21. The van der Waals surface area contributed by atoms with E-state index in [1.807, 2.05) is 61.7 Å². The molecule has 0 saturated carbocycles. The van der Waals surface area contributed by atoms with E-state index in [9.17, 15) is 8.42 Å². The molecule has 0 aliphatic carbocycles. The molecule has 5 nitrogen and oxygen atoms in total. The molecule has 4 rings (SSSR count). The number of sulfonamides is 1. The van der Waals surface area contributed by atoms with Crippen molar-refractivity contribution in [2.24, 2.45) is 0 Å². The third kappa shape index (κ3) is 4.47. The molecular formula is C24H22N2O3S2. The van der Waals surface area contributed by atoms with Gasteiger partial charge in [0, 0.05) is 22.2 Å². The molecule has 0 spiro atoms. The molecule has 0 bridgehead atoms. The van der Waals surface area contributed by atoms with Gasteiger partial charge in [-0.15, -0.1) is 11.3 Å². The third-order valence-electron chi connectivity index (χ3n) is 5.03. The van der Waals surface area contributed by atoms with Gasteiger partial charge in [-0.3, -0.25) is 4.72 Å². The van der Waals surface area contributed by atoms with Crippen LogP contribution in [0.4, 0.5) is 5.69 Å². The third-order valence-corrected chi connectivity index (χ3v) is 7.32. The summed E-state index contributed by atoms with van der Waals surface area (Å²) in [5, 5.41) is 2.95. The number of ether oxygens (including phenoxy) is 1. The number of methoxy groups -OCH3 is 1. The zero-order chi connectivity index (χ0) is 22.0. The van der Waals surface area contributed by atoms with Crippen LogP contribution < -0.4 is 9.46 Å². The average Bonchev–Trinajstić information content (AvgIpc) is 3.26. The van der Waals surface area contributed by atoms with Crippen molar-refractivity contribution in [1.29, 1.82) is 0 Å². The molecule has 7 heteroatoms. The van der Waals surface area contributed by atoms with Crippen LogP contribution >= 0.6 is 11.3 Å². The maximum Gasteiger partial charge on any atom is 0.265 e. The number of hydrogen-bond acceptors (Lipinski definition) is 5. The fourth-order valence-corrected chi connectivity index (χ4v) is 5.30. The number of rotatable bonds is 6. The van der Waals surface area contributed by atoms with Crippen LogP contribution in [0.25, 0.3) is 21.8 Å². The first-order valence-electron chi connectivity index (χ1n) is 9.67. The number of anilines is 1. The Labute approximate surface area is 186 Å². The van der Waals surface area contributed by atoms with Crippen LogP contribution in [-0.4, -0.2) is 20.5 Å². The van der Waals surface area contributed by atoms with Crippen LogP contribution in [-0.2, 0) is 10.0 Å². The van der Waals surface area contributed by atoms with Gasteiger partial charge >= 0.3 is 0 Å². The molecule has 4 aromatic rings. The number of aromatic nitrogens is 1. The zero-order valence-corrected chi connectivity index (χ0v) is 19.0. The lowest BCUT2D eigenvalue weighted by Gasteiger charge is -2.14. The van der Waals surface area contributed by atoms with E-state index in [-0.39, 0.29) is 4.90 Å². The number of hydrogen-bond donors (Lipinski definition) is 1. The van der Waals surface area contributed by atoms with Crippen LogP contribution in [0.2, 0.25) is 0 Å². The van der Waals surface area contributed by atoms with Gasteiger partial charge in [-0.2, -0.15) is 0 Å². The molecule has 31 heavy (non-hydrogen) atoms. The Kier molecular flexibility index (Phi) is 5.80. The SMILES string of the molecule is COc1cc(C)c(C)cc1S(=O)(=O)Nc1ccc(-c2csc(-c3ccccc3)n2)cc1. The minimum atomic E-state index is -3.79. The molecule has 0 unspecified atom stereocenters. The number of nitrogens with one attached hydrogen (secondary N) is 1. The van der Waals surface area contributed by atoms with Gasteiger partial charge in [-0.25, -0.2) is 13.4 Å². The van der Waals surface area contributed by atoms with Gasteiger partial charge in [0.05, 0.1) is 12.8 Å². The van der Waals surface area contributed by atoms with Crippen molar-refractivity contribution in [3.63, 3.8) is 0 Å². The highest BCUT2D eigenvalue weighted by molar-refractivity contribution is 7.92. The van der Waals surface area contributed by atoms with Crippen molar-refractivity contribution in [1.82, 2.24) is 4.98 Å². The zero-order valence-electron chi connectivity index (χ0n) is 17.4. The number of benzene rings is 3. The molecule has 0 amide bonds. The minimum absolute atomic E-state index is 0.120. The summed E-state index contributed by atoms with van der Waals surface area (Å²) >= 11 is 1.58. The second-order valence-corrected chi connectivity index (χ2v) is 9.68. The second-order valence-electron chi connectivity index (χ2n) is 7.17. The first kappa shape index (κ1) is 21.1. The molecule has 0 fully saturated rings. The molecule has 1 N–H and O–H groups in total.